The number of cyclic esters (lactones) is 1. The normalized spacial score (nSPS) is 14.6. The number of carbonyl (C=O) groups is 1. The molecule has 0 radical (unpaired) electrons. The molecule has 0 spiro atoms. The third-order valence-electron chi connectivity index (χ3n) is 2.19. The van der Waals surface area contributed by atoms with Gasteiger partial charge in [0.05, 0.1) is 12.2 Å². The zero-order valence-electron chi connectivity index (χ0n) is 7.25. The van der Waals surface area contributed by atoms with Gasteiger partial charge >= 0.3 is 5.97 Å². The lowest BCUT2D eigenvalue weighted by Gasteiger charge is -2.15. The molecule has 0 aliphatic carbocycles. The predicted molar refractivity (Wildman–Crippen MR) is 50.5 cm³/mol. The highest BCUT2D eigenvalue weighted by Gasteiger charge is 2.17. The minimum atomic E-state index is -0.211. The standard InChI is InChI=1S/C11H10O2/c1-2-8-3-4-10-9(7-8)5-6-13-11(10)12/h2-4,7H,1,5-6H2. The van der Waals surface area contributed by atoms with E-state index >= 15 is 0 Å². The first-order chi connectivity index (χ1) is 6.31. The van der Waals surface area contributed by atoms with E-state index in [1.165, 1.54) is 0 Å². The number of hydrogen-bond donors (Lipinski definition) is 0. The molecule has 2 rings (SSSR count). The van der Waals surface area contributed by atoms with Crippen molar-refractivity contribution >= 4 is 12.0 Å². The molecule has 1 heterocycles. The van der Waals surface area contributed by atoms with Gasteiger partial charge in [0.1, 0.15) is 0 Å². The van der Waals surface area contributed by atoms with Crippen LogP contribution in [0.5, 0.6) is 0 Å². The van der Waals surface area contributed by atoms with Gasteiger partial charge in [0, 0.05) is 6.42 Å². The minimum absolute atomic E-state index is 0.211. The van der Waals surface area contributed by atoms with Gasteiger partial charge < -0.3 is 4.74 Å². The Balaban J connectivity index is 2.51. The van der Waals surface area contributed by atoms with Crippen molar-refractivity contribution in [3.05, 3.63) is 41.5 Å². The number of hydrogen-bond acceptors (Lipinski definition) is 2. The Kier molecular flexibility index (Phi) is 1.89. The topological polar surface area (TPSA) is 26.3 Å². The average molecular weight is 174 g/mol. The summed E-state index contributed by atoms with van der Waals surface area (Å²) in [6.07, 6.45) is 2.59. The van der Waals surface area contributed by atoms with Crippen LogP contribution in [-0.2, 0) is 11.2 Å². The highest BCUT2D eigenvalue weighted by molar-refractivity contribution is 5.92. The van der Waals surface area contributed by atoms with Crippen molar-refractivity contribution in [1.29, 1.82) is 0 Å². The van der Waals surface area contributed by atoms with E-state index in [0.29, 0.717) is 12.2 Å². The largest absolute Gasteiger partial charge is 0.462 e. The summed E-state index contributed by atoms with van der Waals surface area (Å²) in [6, 6.07) is 5.66. The van der Waals surface area contributed by atoms with Gasteiger partial charge in [-0.1, -0.05) is 24.8 Å². The van der Waals surface area contributed by atoms with Crippen LogP contribution in [0.3, 0.4) is 0 Å². The lowest BCUT2D eigenvalue weighted by atomic mass is 10.00. The lowest BCUT2D eigenvalue weighted by Crippen LogP contribution is -2.17. The number of carbonyl (C=O) groups excluding carboxylic acids is 1. The smallest absolute Gasteiger partial charge is 0.338 e. The summed E-state index contributed by atoms with van der Waals surface area (Å²) in [4.78, 5) is 11.2. The first-order valence-electron chi connectivity index (χ1n) is 4.24. The number of benzene rings is 1. The summed E-state index contributed by atoms with van der Waals surface area (Å²) in [5.41, 5.74) is 2.80. The molecule has 1 aromatic carbocycles. The van der Waals surface area contributed by atoms with Crippen LogP contribution in [-0.4, -0.2) is 12.6 Å². The molecule has 1 aliphatic heterocycles. The summed E-state index contributed by atoms with van der Waals surface area (Å²) < 4.78 is 4.91. The highest BCUT2D eigenvalue weighted by atomic mass is 16.5. The molecule has 0 amide bonds. The van der Waals surface area contributed by atoms with Crippen LogP contribution in [0.4, 0.5) is 0 Å². The zero-order valence-corrected chi connectivity index (χ0v) is 7.25. The molecule has 0 saturated heterocycles. The molecule has 0 atom stereocenters. The molecule has 2 nitrogen and oxygen atoms in total. The predicted octanol–water partition coefficient (Wildman–Crippen LogP) is 2.04. The van der Waals surface area contributed by atoms with Gasteiger partial charge in [0.2, 0.25) is 0 Å². The van der Waals surface area contributed by atoms with Gasteiger partial charge in [-0.3, -0.25) is 0 Å². The Bertz CT molecular complexity index is 366. The van der Waals surface area contributed by atoms with Crippen molar-refractivity contribution in [2.24, 2.45) is 0 Å². The molecule has 1 aromatic rings. The van der Waals surface area contributed by atoms with Crippen LogP contribution in [0.25, 0.3) is 6.08 Å². The Morgan fingerprint density at radius 3 is 3.08 bits per heavy atom. The van der Waals surface area contributed by atoms with Crippen molar-refractivity contribution in [3.63, 3.8) is 0 Å². The van der Waals surface area contributed by atoms with E-state index in [9.17, 15) is 4.79 Å². The van der Waals surface area contributed by atoms with E-state index in [2.05, 4.69) is 6.58 Å². The van der Waals surface area contributed by atoms with Gasteiger partial charge in [0.15, 0.2) is 0 Å². The number of esters is 1. The SMILES string of the molecule is C=Cc1ccc2c(c1)CCOC2=O. The minimum Gasteiger partial charge on any atom is -0.462 e. The second-order valence-electron chi connectivity index (χ2n) is 3.01. The van der Waals surface area contributed by atoms with Crippen LogP contribution >= 0.6 is 0 Å². The molecule has 13 heavy (non-hydrogen) atoms. The molecular formula is C11H10O2. The zero-order chi connectivity index (χ0) is 9.26. The van der Waals surface area contributed by atoms with E-state index in [1.54, 1.807) is 12.1 Å². The van der Waals surface area contributed by atoms with Gasteiger partial charge in [-0.25, -0.2) is 4.79 Å². The second-order valence-corrected chi connectivity index (χ2v) is 3.01. The van der Waals surface area contributed by atoms with Crippen molar-refractivity contribution in [1.82, 2.24) is 0 Å². The fourth-order valence-electron chi connectivity index (χ4n) is 1.48. The number of fused-ring (bicyclic) bond motifs is 1. The monoisotopic (exact) mass is 174 g/mol. The second kappa shape index (κ2) is 3.05. The molecule has 0 aromatic heterocycles. The number of rotatable bonds is 1. The summed E-state index contributed by atoms with van der Waals surface area (Å²) in [6.45, 7) is 4.18. The molecule has 0 bridgehead atoms. The maximum absolute atomic E-state index is 11.2. The van der Waals surface area contributed by atoms with Crippen LogP contribution in [0.2, 0.25) is 0 Å². The fraction of sp³-hybridized carbons (Fsp3) is 0.182. The molecule has 1 aliphatic rings. The van der Waals surface area contributed by atoms with E-state index in [0.717, 1.165) is 17.5 Å². The van der Waals surface area contributed by atoms with Gasteiger partial charge in [0.25, 0.3) is 0 Å². The Morgan fingerprint density at radius 2 is 2.31 bits per heavy atom. The molecule has 2 heteroatoms. The summed E-state index contributed by atoms with van der Waals surface area (Å²) in [5, 5.41) is 0. The molecule has 0 unspecified atom stereocenters. The van der Waals surface area contributed by atoms with Crippen molar-refractivity contribution < 1.29 is 9.53 Å². The molecule has 0 saturated carbocycles. The van der Waals surface area contributed by atoms with Crippen LogP contribution in [0.1, 0.15) is 21.5 Å². The first kappa shape index (κ1) is 8.05. The summed E-state index contributed by atoms with van der Waals surface area (Å²) >= 11 is 0. The Hall–Kier alpha value is -1.57. The van der Waals surface area contributed by atoms with E-state index in [-0.39, 0.29) is 5.97 Å². The average Bonchev–Trinajstić information content (AvgIpc) is 2.18. The van der Waals surface area contributed by atoms with Gasteiger partial charge in [-0.05, 0) is 17.2 Å². The lowest BCUT2D eigenvalue weighted by molar-refractivity contribution is 0.0480. The van der Waals surface area contributed by atoms with Crippen LogP contribution in [0.15, 0.2) is 24.8 Å². The van der Waals surface area contributed by atoms with Crippen molar-refractivity contribution in [2.45, 2.75) is 6.42 Å². The Morgan fingerprint density at radius 1 is 1.46 bits per heavy atom. The third kappa shape index (κ3) is 1.35. The highest BCUT2D eigenvalue weighted by Crippen LogP contribution is 2.18. The van der Waals surface area contributed by atoms with Crippen molar-refractivity contribution in [3.8, 4) is 0 Å². The number of ether oxygens (including phenoxy) is 1. The molecule has 66 valence electrons. The van der Waals surface area contributed by atoms with E-state index < -0.39 is 0 Å². The molecule has 0 N–H and O–H groups in total. The molecule has 0 fully saturated rings. The van der Waals surface area contributed by atoms with E-state index in [1.807, 2.05) is 12.1 Å². The quantitative estimate of drug-likeness (QED) is 0.609. The molecular weight excluding hydrogens is 164 g/mol. The van der Waals surface area contributed by atoms with E-state index in [4.69, 9.17) is 4.74 Å². The third-order valence-corrected chi connectivity index (χ3v) is 2.19. The van der Waals surface area contributed by atoms with Crippen LogP contribution < -0.4 is 0 Å². The fourth-order valence-corrected chi connectivity index (χ4v) is 1.48. The maximum atomic E-state index is 11.2. The van der Waals surface area contributed by atoms with Crippen molar-refractivity contribution in [2.75, 3.05) is 6.61 Å². The first-order valence-corrected chi connectivity index (χ1v) is 4.24. The van der Waals surface area contributed by atoms with Crippen LogP contribution in [0, 0.1) is 0 Å². The van der Waals surface area contributed by atoms with Gasteiger partial charge in [-0.15, -0.1) is 0 Å². The van der Waals surface area contributed by atoms with Gasteiger partial charge in [-0.2, -0.15) is 0 Å². The summed E-state index contributed by atoms with van der Waals surface area (Å²) in [5.74, 6) is -0.211. The maximum Gasteiger partial charge on any atom is 0.338 e. The Labute approximate surface area is 76.8 Å². The summed E-state index contributed by atoms with van der Waals surface area (Å²) in [7, 11) is 0.